The fraction of sp³-hybridized carbons (Fsp3) is 0.387. The molecule has 2 fully saturated rings. The molecule has 0 spiro atoms. The van der Waals surface area contributed by atoms with Crippen molar-refractivity contribution in [2.75, 3.05) is 11.5 Å². The lowest BCUT2D eigenvalue weighted by atomic mass is 9.78. The van der Waals surface area contributed by atoms with Crippen molar-refractivity contribution in [2.45, 2.75) is 62.2 Å². The number of aliphatic hydroxyl groups excluding tert-OH is 4. The second-order valence-corrected chi connectivity index (χ2v) is 10.3. The Morgan fingerprint density at radius 2 is 1.37 bits per heavy atom. The highest BCUT2D eigenvalue weighted by Crippen LogP contribution is 2.45. The van der Waals surface area contributed by atoms with E-state index in [1.54, 1.807) is 0 Å². The Bertz CT molecular complexity index is 1190. The van der Waals surface area contributed by atoms with Gasteiger partial charge in [-0.1, -0.05) is 72.8 Å². The summed E-state index contributed by atoms with van der Waals surface area (Å²) in [6, 6.07) is 27.9. The third-order valence-corrected chi connectivity index (χ3v) is 7.82. The number of para-hydroxylation sites is 1. The van der Waals surface area contributed by atoms with Crippen molar-refractivity contribution in [3.8, 4) is 0 Å². The number of hydrogen-bond donors (Lipinski definition) is 4. The van der Waals surface area contributed by atoms with Gasteiger partial charge in [0.2, 0.25) is 5.91 Å². The van der Waals surface area contributed by atoms with Crippen molar-refractivity contribution in [3.05, 3.63) is 102 Å². The molecular formula is C31H35NO6. The van der Waals surface area contributed by atoms with Crippen LogP contribution in [0.1, 0.15) is 35.6 Å². The summed E-state index contributed by atoms with van der Waals surface area (Å²) in [5.74, 6) is 0.0369. The maximum Gasteiger partial charge on any atom is 0.233 e. The second-order valence-electron chi connectivity index (χ2n) is 10.3. The molecule has 5 rings (SSSR count). The van der Waals surface area contributed by atoms with Gasteiger partial charge in [0.25, 0.3) is 0 Å². The van der Waals surface area contributed by atoms with E-state index in [2.05, 4.69) is 12.1 Å². The molecule has 1 amide bonds. The molecule has 0 radical (unpaired) electrons. The number of aryl methyl sites for hydroxylation is 1. The molecule has 3 aromatic rings. The Balaban J connectivity index is 1.31. The SMILES string of the molecule is O=C1[C@H](CCCc2ccccc2)[C@@H](c2ccc(C[C@@H]3O[C@H](CO)[C@@H](O)[C@H](O)[C@H]3O)cc2)N1c1ccccc1. The van der Waals surface area contributed by atoms with Gasteiger partial charge in [0.15, 0.2) is 0 Å². The molecule has 2 aliphatic rings. The molecule has 7 atom stereocenters. The summed E-state index contributed by atoms with van der Waals surface area (Å²) < 4.78 is 5.67. The molecule has 2 aliphatic heterocycles. The van der Waals surface area contributed by atoms with E-state index in [1.807, 2.05) is 77.7 Å². The predicted molar refractivity (Wildman–Crippen MR) is 143 cm³/mol. The van der Waals surface area contributed by atoms with Crippen LogP contribution in [-0.4, -0.2) is 63.5 Å². The molecule has 2 heterocycles. The minimum absolute atomic E-state index is 0.0676. The van der Waals surface area contributed by atoms with Crippen molar-refractivity contribution in [3.63, 3.8) is 0 Å². The molecule has 0 aromatic heterocycles. The smallest absolute Gasteiger partial charge is 0.233 e. The summed E-state index contributed by atoms with van der Waals surface area (Å²) in [5, 5.41) is 40.0. The average Bonchev–Trinajstić information content (AvgIpc) is 2.95. The van der Waals surface area contributed by atoms with Crippen LogP contribution in [0.3, 0.4) is 0 Å². The first-order valence-corrected chi connectivity index (χ1v) is 13.3. The van der Waals surface area contributed by atoms with E-state index in [4.69, 9.17) is 4.74 Å². The first kappa shape index (κ1) is 26.5. The number of nitrogens with zero attached hydrogens (tertiary/aromatic N) is 1. The van der Waals surface area contributed by atoms with E-state index in [-0.39, 0.29) is 17.9 Å². The predicted octanol–water partition coefficient (Wildman–Crippen LogP) is 2.80. The van der Waals surface area contributed by atoms with Gasteiger partial charge in [0.05, 0.1) is 24.7 Å². The lowest BCUT2D eigenvalue weighted by Gasteiger charge is -2.48. The molecule has 2 saturated heterocycles. The molecule has 7 nitrogen and oxygen atoms in total. The maximum atomic E-state index is 13.3. The molecule has 200 valence electrons. The molecule has 0 unspecified atom stereocenters. The topological polar surface area (TPSA) is 110 Å². The Morgan fingerprint density at radius 3 is 2.03 bits per heavy atom. The van der Waals surface area contributed by atoms with Gasteiger partial charge in [0, 0.05) is 12.1 Å². The van der Waals surface area contributed by atoms with E-state index in [0.29, 0.717) is 6.42 Å². The zero-order valence-corrected chi connectivity index (χ0v) is 21.2. The van der Waals surface area contributed by atoms with Crippen molar-refractivity contribution >= 4 is 11.6 Å². The summed E-state index contributed by atoms with van der Waals surface area (Å²) in [6.45, 7) is -0.447. The van der Waals surface area contributed by atoms with Crippen molar-refractivity contribution in [1.82, 2.24) is 0 Å². The number of benzene rings is 3. The third-order valence-electron chi connectivity index (χ3n) is 7.82. The Morgan fingerprint density at radius 1 is 0.737 bits per heavy atom. The monoisotopic (exact) mass is 517 g/mol. The van der Waals surface area contributed by atoms with Crippen molar-refractivity contribution in [1.29, 1.82) is 0 Å². The Hall–Kier alpha value is -3.07. The number of aliphatic hydroxyl groups is 4. The highest BCUT2D eigenvalue weighted by atomic mass is 16.5. The molecule has 7 heteroatoms. The fourth-order valence-electron chi connectivity index (χ4n) is 5.69. The average molecular weight is 518 g/mol. The summed E-state index contributed by atoms with van der Waals surface area (Å²) in [7, 11) is 0. The maximum absolute atomic E-state index is 13.3. The van der Waals surface area contributed by atoms with Crippen LogP contribution in [0.2, 0.25) is 0 Å². The third kappa shape index (κ3) is 5.39. The first-order valence-electron chi connectivity index (χ1n) is 13.3. The Labute approximate surface area is 222 Å². The van der Waals surface area contributed by atoms with E-state index >= 15 is 0 Å². The number of carbonyl (C=O) groups excluding carboxylic acids is 1. The molecular weight excluding hydrogens is 482 g/mol. The Kier molecular flexibility index (Phi) is 8.21. The van der Waals surface area contributed by atoms with Gasteiger partial charge in [-0.15, -0.1) is 0 Å². The lowest BCUT2D eigenvalue weighted by molar-refractivity contribution is -0.228. The lowest BCUT2D eigenvalue weighted by Crippen LogP contribution is -2.59. The van der Waals surface area contributed by atoms with Gasteiger partial charge in [-0.3, -0.25) is 4.79 Å². The number of β-lactam (4-membered cyclic amide) rings is 1. The summed E-state index contributed by atoms with van der Waals surface area (Å²) in [5.41, 5.74) is 4.08. The second kappa shape index (κ2) is 11.8. The zero-order chi connectivity index (χ0) is 26.6. The number of carbonyl (C=O) groups is 1. The summed E-state index contributed by atoms with van der Waals surface area (Å²) in [6.07, 6.45) is -2.73. The van der Waals surface area contributed by atoms with E-state index in [9.17, 15) is 25.2 Å². The van der Waals surface area contributed by atoms with E-state index < -0.39 is 37.1 Å². The fourth-order valence-corrected chi connectivity index (χ4v) is 5.69. The minimum Gasteiger partial charge on any atom is -0.394 e. The van der Waals surface area contributed by atoms with Gasteiger partial charge < -0.3 is 30.1 Å². The minimum atomic E-state index is -1.39. The van der Waals surface area contributed by atoms with Gasteiger partial charge in [-0.2, -0.15) is 0 Å². The summed E-state index contributed by atoms with van der Waals surface area (Å²) >= 11 is 0. The van der Waals surface area contributed by atoms with E-state index in [0.717, 1.165) is 36.1 Å². The van der Waals surface area contributed by atoms with Crippen LogP contribution in [0.15, 0.2) is 84.9 Å². The molecule has 4 N–H and O–H groups in total. The quantitative estimate of drug-likeness (QED) is 0.325. The molecule has 3 aromatic carbocycles. The van der Waals surface area contributed by atoms with Crippen LogP contribution in [0.5, 0.6) is 0 Å². The molecule has 0 bridgehead atoms. The highest BCUT2D eigenvalue weighted by Gasteiger charge is 2.48. The number of anilines is 1. The zero-order valence-electron chi connectivity index (χ0n) is 21.2. The van der Waals surface area contributed by atoms with Crippen LogP contribution in [0.4, 0.5) is 5.69 Å². The van der Waals surface area contributed by atoms with Gasteiger partial charge in [-0.25, -0.2) is 0 Å². The summed E-state index contributed by atoms with van der Waals surface area (Å²) in [4.78, 5) is 15.2. The van der Waals surface area contributed by atoms with Crippen molar-refractivity contribution in [2.24, 2.45) is 5.92 Å². The number of rotatable bonds is 9. The largest absolute Gasteiger partial charge is 0.394 e. The number of ether oxygens (including phenoxy) is 1. The highest BCUT2D eigenvalue weighted by molar-refractivity contribution is 6.03. The normalized spacial score (nSPS) is 29.2. The van der Waals surface area contributed by atoms with E-state index in [1.165, 1.54) is 5.56 Å². The van der Waals surface area contributed by atoms with Crippen LogP contribution in [0.25, 0.3) is 0 Å². The van der Waals surface area contributed by atoms with Crippen LogP contribution in [0, 0.1) is 5.92 Å². The van der Waals surface area contributed by atoms with Gasteiger partial charge in [0.1, 0.15) is 24.4 Å². The molecule has 0 aliphatic carbocycles. The molecule has 0 saturated carbocycles. The number of amides is 1. The van der Waals surface area contributed by atoms with Gasteiger partial charge >= 0.3 is 0 Å². The standard InChI is InChI=1S/C31H35NO6/c33-19-26-29(35)30(36)28(34)25(38-26)18-21-14-16-22(17-15-21)27-24(13-7-10-20-8-3-1-4-9-20)31(37)32(27)23-11-5-2-6-12-23/h1-6,8-9,11-12,14-17,24-30,33-36H,7,10,13,18-19H2/t24-,25+,26-,27-,28+,29-,30-/m1/s1. The first-order chi connectivity index (χ1) is 18.5. The molecule has 38 heavy (non-hydrogen) atoms. The van der Waals surface area contributed by atoms with Gasteiger partial charge in [-0.05, 0) is 48.1 Å². The van der Waals surface area contributed by atoms with Crippen molar-refractivity contribution < 1.29 is 30.0 Å². The number of hydrogen-bond acceptors (Lipinski definition) is 6. The van der Waals surface area contributed by atoms with Crippen LogP contribution < -0.4 is 4.90 Å². The van der Waals surface area contributed by atoms with Crippen LogP contribution >= 0.6 is 0 Å². The van der Waals surface area contributed by atoms with Crippen LogP contribution in [-0.2, 0) is 22.4 Å².